The van der Waals surface area contributed by atoms with Crippen LogP contribution in [0.5, 0.6) is 0 Å². The Kier molecular flexibility index (Phi) is 70.9. The van der Waals surface area contributed by atoms with Gasteiger partial charge < -0.3 is 20.3 Å². The van der Waals surface area contributed by atoms with E-state index in [2.05, 4.69) is 55.6 Å². The smallest absolute Gasteiger partial charge is 0.305 e. The maximum Gasteiger partial charge on any atom is 0.305 e. The minimum atomic E-state index is -0.659. The third-order valence-electron chi connectivity index (χ3n) is 17.7. The standard InChI is InChI=1S/C77H147NO5/c1-3-5-7-9-11-13-15-16-17-41-45-48-51-55-59-63-67-71-77(82)83-72-68-64-60-56-52-49-46-43-40-38-36-34-32-30-28-26-24-22-20-18-19-21-23-25-27-29-31-33-35-37-39-42-44-47-50-54-58-62-66-70-76(81)78-74(73-79)75(80)69-65-61-57-53-14-12-10-8-6-4-2/h11,13,16-19,74-75,79-80H,3-10,12,14-15,20-73H2,1-2H3,(H,78,81)/b13-11-,17-16-,19-18-. The SMILES string of the molecule is CCCCC/C=C\C/C=C\CCCCCCCCCC(=O)OCCCCCCCCCCCCCCCCCCCC/C=C\CCCCCCCCCCCCCCCCCCCC(=O)NC(CO)C(O)CCCCCCCCCCCC. The lowest BCUT2D eigenvalue weighted by Crippen LogP contribution is -2.45. The van der Waals surface area contributed by atoms with E-state index in [4.69, 9.17) is 4.74 Å². The number of carbonyl (C=O) groups is 2. The fourth-order valence-corrected chi connectivity index (χ4v) is 11.9. The van der Waals surface area contributed by atoms with Crippen LogP contribution < -0.4 is 5.32 Å². The normalized spacial score (nSPS) is 12.7. The van der Waals surface area contributed by atoms with Crippen molar-refractivity contribution in [3.05, 3.63) is 36.5 Å². The highest BCUT2D eigenvalue weighted by Crippen LogP contribution is 2.19. The number of rotatable bonds is 71. The summed E-state index contributed by atoms with van der Waals surface area (Å²) in [6, 6.07) is -0.536. The maximum absolute atomic E-state index is 12.5. The third-order valence-corrected chi connectivity index (χ3v) is 17.7. The van der Waals surface area contributed by atoms with Gasteiger partial charge in [-0.3, -0.25) is 9.59 Å². The molecule has 0 aliphatic carbocycles. The van der Waals surface area contributed by atoms with E-state index in [0.29, 0.717) is 25.9 Å². The molecule has 0 saturated heterocycles. The summed E-state index contributed by atoms with van der Waals surface area (Å²) >= 11 is 0. The third kappa shape index (κ3) is 69.1. The van der Waals surface area contributed by atoms with Crippen molar-refractivity contribution in [2.45, 2.75) is 431 Å². The van der Waals surface area contributed by atoms with Gasteiger partial charge in [-0.25, -0.2) is 0 Å². The zero-order chi connectivity index (χ0) is 59.9. The van der Waals surface area contributed by atoms with Crippen molar-refractivity contribution in [1.82, 2.24) is 5.32 Å². The molecule has 6 nitrogen and oxygen atoms in total. The highest BCUT2D eigenvalue weighted by Gasteiger charge is 2.20. The van der Waals surface area contributed by atoms with E-state index < -0.39 is 12.1 Å². The Morgan fingerprint density at radius 2 is 0.602 bits per heavy atom. The number of ether oxygens (including phenoxy) is 1. The molecule has 6 heteroatoms. The van der Waals surface area contributed by atoms with Gasteiger partial charge in [-0.2, -0.15) is 0 Å². The van der Waals surface area contributed by atoms with E-state index in [1.807, 2.05) is 0 Å². The van der Waals surface area contributed by atoms with Gasteiger partial charge in [0.2, 0.25) is 5.91 Å². The second-order valence-electron chi connectivity index (χ2n) is 26.0. The van der Waals surface area contributed by atoms with Crippen LogP contribution in [-0.4, -0.2) is 47.4 Å². The fraction of sp³-hybridized carbons (Fsp3) is 0.896. The summed E-state index contributed by atoms with van der Waals surface area (Å²) in [6.07, 6.45) is 93.9. The number of hydrogen-bond donors (Lipinski definition) is 3. The second kappa shape index (κ2) is 72.6. The van der Waals surface area contributed by atoms with Crippen molar-refractivity contribution in [2.75, 3.05) is 13.2 Å². The second-order valence-corrected chi connectivity index (χ2v) is 26.0. The minimum Gasteiger partial charge on any atom is -0.466 e. The van der Waals surface area contributed by atoms with E-state index in [1.165, 1.54) is 334 Å². The van der Waals surface area contributed by atoms with Crippen LogP contribution in [0.15, 0.2) is 36.5 Å². The predicted octanol–water partition coefficient (Wildman–Crippen LogP) is 24.7. The molecular weight excluding hydrogens is 1020 g/mol. The van der Waals surface area contributed by atoms with E-state index in [0.717, 1.165) is 51.4 Å². The first kappa shape index (κ1) is 81.1. The Morgan fingerprint density at radius 3 is 0.952 bits per heavy atom. The molecule has 3 N–H and O–H groups in total. The lowest BCUT2D eigenvalue weighted by molar-refractivity contribution is -0.143. The molecule has 83 heavy (non-hydrogen) atoms. The fourth-order valence-electron chi connectivity index (χ4n) is 11.9. The number of aliphatic hydroxyl groups excluding tert-OH is 2. The largest absolute Gasteiger partial charge is 0.466 e. The average molecular weight is 1170 g/mol. The Bertz CT molecular complexity index is 1340. The summed E-state index contributed by atoms with van der Waals surface area (Å²) < 4.78 is 5.50. The van der Waals surface area contributed by atoms with Gasteiger partial charge in [0.15, 0.2) is 0 Å². The van der Waals surface area contributed by atoms with Crippen LogP contribution in [-0.2, 0) is 14.3 Å². The molecule has 0 aliphatic heterocycles. The molecule has 0 rings (SSSR count). The van der Waals surface area contributed by atoms with Crippen molar-refractivity contribution in [3.8, 4) is 0 Å². The molecule has 2 atom stereocenters. The molecule has 0 aromatic carbocycles. The number of amides is 1. The van der Waals surface area contributed by atoms with Gasteiger partial charge in [-0.05, 0) is 83.5 Å². The molecule has 0 saturated carbocycles. The summed E-state index contributed by atoms with van der Waals surface area (Å²) in [5, 5.41) is 23.2. The first-order valence-corrected chi connectivity index (χ1v) is 37.7. The number of carbonyl (C=O) groups excluding carboxylic acids is 2. The van der Waals surface area contributed by atoms with Crippen LogP contribution in [0.1, 0.15) is 418 Å². The highest BCUT2D eigenvalue weighted by molar-refractivity contribution is 5.76. The average Bonchev–Trinajstić information content (AvgIpc) is 3.50. The lowest BCUT2D eigenvalue weighted by Gasteiger charge is -2.22. The molecule has 0 aliphatic rings. The predicted molar refractivity (Wildman–Crippen MR) is 366 cm³/mol. The molecule has 0 aromatic rings. The van der Waals surface area contributed by atoms with Gasteiger partial charge in [0, 0.05) is 12.8 Å². The lowest BCUT2D eigenvalue weighted by atomic mass is 10.0. The van der Waals surface area contributed by atoms with Crippen LogP contribution in [0.3, 0.4) is 0 Å². The Hall–Kier alpha value is -1.92. The number of hydrogen-bond acceptors (Lipinski definition) is 5. The summed E-state index contributed by atoms with van der Waals surface area (Å²) in [6.45, 7) is 4.94. The van der Waals surface area contributed by atoms with E-state index >= 15 is 0 Å². The number of aliphatic hydroxyl groups is 2. The maximum atomic E-state index is 12.5. The Morgan fingerprint density at radius 1 is 0.337 bits per heavy atom. The summed E-state index contributed by atoms with van der Waals surface area (Å²) in [5.41, 5.74) is 0. The van der Waals surface area contributed by atoms with Gasteiger partial charge in [0.1, 0.15) is 0 Å². The first-order chi connectivity index (χ1) is 41.0. The molecular formula is C77H147NO5. The van der Waals surface area contributed by atoms with Crippen molar-refractivity contribution in [3.63, 3.8) is 0 Å². The number of esters is 1. The van der Waals surface area contributed by atoms with Crippen LogP contribution in [0, 0.1) is 0 Å². The molecule has 0 spiro atoms. The number of unbranched alkanes of at least 4 members (excludes halogenated alkanes) is 54. The van der Waals surface area contributed by atoms with Crippen molar-refractivity contribution in [2.24, 2.45) is 0 Å². The molecule has 0 fully saturated rings. The quantitative estimate of drug-likeness (QED) is 0.0320. The molecule has 490 valence electrons. The highest BCUT2D eigenvalue weighted by atomic mass is 16.5. The number of allylic oxidation sites excluding steroid dienone is 6. The summed E-state index contributed by atoms with van der Waals surface area (Å²) in [7, 11) is 0. The minimum absolute atomic E-state index is 0.0151. The Balaban J connectivity index is 3.29. The van der Waals surface area contributed by atoms with E-state index in [1.54, 1.807) is 0 Å². The molecule has 2 unspecified atom stereocenters. The topological polar surface area (TPSA) is 95.9 Å². The van der Waals surface area contributed by atoms with Crippen molar-refractivity contribution < 1.29 is 24.5 Å². The molecule has 1 amide bonds. The van der Waals surface area contributed by atoms with Crippen molar-refractivity contribution >= 4 is 11.9 Å². The molecule has 0 bridgehead atoms. The van der Waals surface area contributed by atoms with Crippen LogP contribution in [0.2, 0.25) is 0 Å². The molecule has 0 aromatic heterocycles. The van der Waals surface area contributed by atoms with Gasteiger partial charge in [0.05, 0.1) is 25.4 Å². The Labute approximate surface area is 519 Å². The van der Waals surface area contributed by atoms with E-state index in [9.17, 15) is 19.8 Å². The number of nitrogens with one attached hydrogen (secondary N) is 1. The van der Waals surface area contributed by atoms with Gasteiger partial charge in [0.25, 0.3) is 0 Å². The zero-order valence-electron chi connectivity index (χ0n) is 56.2. The summed E-state index contributed by atoms with van der Waals surface area (Å²) in [5.74, 6) is -0.0154. The van der Waals surface area contributed by atoms with Crippen LogP contribution in [0.25, 0.3) is 0 Å². The molecule has 0 heterocycles. The van der Waals surface area contributed by atoms with Gasteiger partial charge in [-0.15, -0.1) is 0 Å². The van der Waals surface area contributed by atoms with Gasteiger partial charge in [-0.1, -0.05) is 359 Å². The summed E-state index contributed by atoms with van der Waals surface area (Å²) in [4.78, 5) is 24.6. The van der Waals surface area contributed by atoms with Crippen LogP contribution in [0.4, 0.5) is 0 Å². The molecule has 0 radical (unpaired) electrons. The first-order valence-electron chi connectivity index (χ1n) is 37.7. The van der Waals surface area contributed by atoms with Gasteiger partial charge >= 0.3 is 5.97 Å². The van der Waals surface area contributed by atoms with Crippen molar-refractivity contribution in [1.29, 1.82) is 0 Å². The van der Waals surface area contributed by atoms with Crippen LogP contribution >= 0.6 is 0 Å². The van der Waals surface area contributed by atoms with E-state index in [-0.39, 0.29) is 18.5 Å². The monoisotopic (exact) mass is 1170 g/mol. The zero-order valence-corrected chi connectivity index (χ0v) is 56.2.